The van der Waals surface area contributed by atoms with Gasteiger partial charge in [-0.3, -0.25) is 4.79 Å². The average molecular weight is 629 g/mol. The first kappa shape index (κ1) is 29.5. The van der Waals surface area contributed by atoms with E-state index in [2.05, 4.69) is 10.3 Å². The number of aliphatic hydroxyl groups excluding tert-OH is 2. The number of halogens is 2. The molecule has 4 atom stereocenters. The van der Waals surface area contributed by atoms with E-state index in [1.807, 2.05) is 22.6 Å². The Bertz CT molecular complexity index is 940. The molecule has 13 heteroatoms. The molecule has 0 bridgehead atoms. The molecule has 2 rings (SSSR count). The van der Waals surface area contributed by atoms with Gasteiger partial charge in [-0.05, 0) is 61.6 Å². The van der Waals surface area contributed by atoms with Gasteiger partial charge in [0.05, 0.1) is 31.9 Å². The SMILES string of the molecule is COCO[C@@]1(CO)C(I)=C[C@H](Oc2ccc([C@@H](CC(=O)OC)NC(=O)OC(C)(C)C)nc2Cl)[C@H]1O. The van der Waals surface area contributed by atoms with Crippen molar-refractivity contribution < 1.29 is 43.5 Å². The molecule has 0 aromatic carbocycles. The number of carbonyl (C=O) groups is 2. The molecule has 1 aromatic heterocycles. The number of nitrogens with one attached hydrogen (secondary N) is 1. The second-order valence-electron chi connectivity index (χ2n) is 8.64. The van der Waals surface area contributed by atoms with Crippen LogP contribution in [0.5, 0.6) is 5.75 Å². The van der Waals surface area contributed by atoms with E-state index in [4.69, 9.17) is 35.3 Å². The highest BCUT2D eigenvalue weighted by molar-refractivity contribution is 14.1. The van der Waals surface area contributed by atoms with Gasteiger partial charge in [0.2, 0.25) is 0 Å². The van der Waals surface area contributed by atoms with Gasteiger partial charge in [0.25, 0.3) is 0 Å². The lowest BCUT2D eigenvalue weighted by atomic mass is 10.0. The van der Waals surface area contributed by atoms with Crippen LogP contribution in [0.25, 0.3) is 0 Å². The molecule has 0 fully saturated rings. The average Bonchev–Trinajstić information content (AvgIpc) is 3.01. The molecule has 1 amide bonds. The van der Waals surface area contributed by atoms with Crippen LogP contribution in [-0.2, 0) is 23.7 Å². The van der Waals surface area contributed by atoms with Crippen molar-refractivity contribution in [1.29, 1.82) is 0 Å². The van der Waals surface area contributed by atoms with E-state index in [0.717, 1.165) is 0 Å². The van der Waals surface area contributed by atoms with E-state index in [9.17, 15) is 19.8 Å². The Balaban J connectivity index is 2.23. The number of esters is 1. The van der Waals surface area contributed by atoms with Crippen LogP contribution < -0.4 is 10.1 Å². The standard InChI is InChI=1S/C22H30ClIN2O9/c1-21(2,3)35-20(30)26-13(8-17(28)32-5)12-6-7-14(19(23)25-12)34-15-9-16(24)22(10-27,18(15)29)33-11-31-4/h6-7,9,13,15,18,27,29H,8,10-11H2,1-5H3,(H,26,30)/t13-,15+,18-,22+/m1/s1. The summed E-state index contributed by atoms with van der Waals surface area (Å²) in [5.74, 6) is -0.441. The number of hydrogen-bond donors (Lipinski definition) is 3. The van der Waals surface area contributed by atoms with Gasteiger partial charge in [-0.1, -0.05) is 11.6 Å². The fraction of sp³-hybridized carbons (Fsp3) is 0.591. The van der Waals surface area contributed by atoms with Gasteiger partial charge in [-0.25, -0.2) is 9.78 Å². The van der Waals surface area contributed by atoms with Gasteiger partial charge in [-0.2, -0.15) is 0 Å². The van der Waals surface area contributed by atoms with E-state index >= 15 is 0 Å². The van der Waals surface area contributed by atoms with Crippen LogP contribution in [-0.4, -0.2) is 78.3 Å². The van der Waals surface area contributed by atoms with Crippen molar-refractivity contribution in [3.63, 3.8) is 0 Å². The minimum absolute atomic E-state index is 0.0710. The highest BCUT2D eigenvalue weighted by Gasteiger charge is 2.51. The minimum Gasteiger partial charge on any atom is -0.480 e. The van der Waals surface area contributed by atoms with Crippen LogP contribution >= 0.6 is 34.2 Å². The highest BCUT2D eigenvalue weighted by atomic mass is 127. The zero-order valence-electron chi connectivity index (χ0n) is 20.0. The van der Waals surface area contributed by atoms with Gasteiger partial charge < -0.3 is 39.2 Å². The minimum atomic E-state index is -1.40. The molecular weight excluding hydrogens is 599 g/mol. The molecule has 0 saturated carbocycles. The smallest absolute Gasteiger partial charge is 0.408 e. The lowest BCUT2D eigenvalue weighted by Gasteiger charge is -2.33. The number of ether oxygens (including phenoxy) is 5. The molecule has 196 valence electrons. The van der Waals surface area contributed by atoms with Crippen molar-refractivity contribution in [2.45, 2.75) is 56.6 Å². The molecule has 11 nitrogen and oxygen atoms in total. The Kier molecular flexibility index (Phi) is 10.5. The summed E-state index contributed by atoms with van der Waals surface area (Å²) in [4.78, 5) is 28.4. The number of nitrogens with zero attached hydrogens (tertiary/aromatic N) is 1. The Morgan fingerprint density at radius 3 is 2.54 bits per heavy atom. The molecule has 3 N–H and O–H groups in total. The van der Waals surface area contributed by atoms with Crippen molar-refractivity contribution in [1.82, 2.24) is 10.3 Å². The van der Waals surface area contributed by atoms with E-state index in [0.29, 0.717) is 3.58 Å². The van der Waals surface area contributed by atoms with E-state index in [1.54, 1.807) is 26.8 Å². The fourth-order valence-corrected chi connectivity index (χ4v) is 4.41. The summed E-state index contributed by atoms with van der Waals surface area (Å²) in [7, 11) is 2.66. The number of carbonyl (C=O) groups excluding carboxylic acids is 2. The zero-order valence-corrected chi connectivity index (χ0v) is 23.0. The predicted octanol–water partition coefficient (Wildman–Crippen LogP) is 2.66. The second kappa shape index (κ2) is 12.5. The van der Waals surface area contributed by atoms with Gasteiger partial charge in [-0.15, -0.1) is 0 Å². The molecular formula is C22H30ClIN2O9. The summed E-state index contributed by atoms with van der Waals surface area (Å²) < 4.78 is 26.8. The van der Waals surface area contributed by atoms with E-state index in [1.165, 1.54) is 26.4 Å². The molecule has 0 unspecified atom stereocenters. The first-order valence-electron chi connectivity index (χ1n) is 10.6. The van der Waals surface area contributed by atoms with Crippen LogP contribution in [0, 0.1) is 0 Å². The molecule has 0 aliphatic heterocycles. The normalized spacial score (nSPS) is 22.8. The maximum atomic E-state index is 12.3. The van der Waals surface area contributed by atoms with Crippen LogP contribution in [0.4, 0.5) is 4.79 Å². The van der Waals surface area contributed by atoms with E-state index < -0.39 is 48.1 Å². The molecule has 1 heterocycles. The van der Waals surface area contributed by atoms with Crippen molar-refractivity contribution >= 4 is 46.3 Å². The first-order chi connectivity index (χ1) is 16.4. The Morgan fingerprint density at radius 1 is 1.31 bits per heavy atom. The topological polar surface area (TPSA) is 146 Å². The van der Waals surface area contributed by atoms with Gasteiger partial charge in [0, 0.05) is 10.7 Å². The Labute approximate surface area is 222 Å². The molecule has 1 aromatic rings. The number of amides is 1. The lowest BCUT2D eigenvalue weighted by Crippen LogP contribution is -2.51. The van der Waals surface area contributed by atoms with Crippen molar-refractivity contribution in [3.05, 3.63) is 32.6 Å². The zero-order chi connectivity index (χ0) is 26.4. The molecule has 1 aliphatic rings. The summed E-state index contributed by atoms with van der Waals surface area (Å²) in [6.45, 7) is 4.49. The molecule has 35 heavy (non-hydrogen) atoms. The van der Waals surface area contributed by atoms with Gasteiger partial charge in [0.15, 0.2) is 16.5 Å². The molecule has 0 radical (unpaired) electrons. The van der Waals surface area contributed by atoms with Crippen molar-refractivity contribution in [3.8, 4) is 5.75 Å². The monoisotopic (exact) mass is 628 g/mol. The number of aliphatic hydroxyl groups is 2. The Morgan fingerprint density at radius 2 is 2.00 bits per heavy atom. The highest BCUT2D eigenvalue weighted by Crippen LogP contribution is 2.40. The second-order valence-corrected chi connectivity index (χ2v) is 10.2. The maximum absolute atomic E-state index is 12.3. The third kappa shape index (κ3) is 7.64. The predicted molar refractivity (Wildman–Crippen MR) is 133 cm³/mol. The molecule has 0 saturated heterocycles. The Hall–Kier alpha value is -1.71. The molecule has 1 aliphatic carbocycles. The number of hydrogen-bond acceptors (Lipinski definition) is 10. The van der Waals surface area contributed by atoms with Crippen LogP contribution in [0.15, 0.2) is 21.8 Å². The molecule has 0 spiro atoms. The van der Waals surface area contributed by atoms with Crippen LogP contribution in [0.3, 0.4) is 0 Å². The number of alkyl carbamates (subject to hydrolysis) is 1. The summed E-state index contributed by atoms with van der Waals surface area (Å²) in [5, 5.41) is 23.2. The number of aromatic nitrogens is 1. The summed E-state index contributed by atoms with van der Waals surface area (Å²) in [5.41, 5.74) is -1.87. The lowest BCUT2D eigenvalue weighted by molar-refractivity contribution is -0.176. The summed E-state index contributed by atoms with van der Waals surface area (Å²) in [6.07, 6.45) is -1.51. The number of rotatable bonds is 10. The van der Waals surface area contributed by atoms with E-state index in [-0.39, 0.29) is 29.8 Å². The van der Waals surface area contributed by atoms with Crippen LogP contribution in [0.1, 0.15) is 38.9 Å². The largest absolute Gasteiger partial charge is 0.480 e. The van der Waals surface area contributed by atoms with Crippen molar-refractivity contribution in [2.75, 3.05) is 27.6 Å². The maximum Gasteiger partial charge on any atom is 0.408 e. The van der Waals surface area contributed by atoms with Crippen LogP contribution in [0.2, 0.25) is 5.15 Å². The summed E-state index contributed by atoms with van der Waals surface area (Å²) in [6, 6.07) is 2.13. The number of methoxy groups -OCH3 is 2. The number of pyridine rings is 1. The van der Waals surface area contributed by atoms with Gasteiger partial charge in [0.1, 0.15) is 24.6 Å². The van der Waals surface area contributed by atoms with Gasteiger partial charge >= 0.3 is 12.1 Å². The quantitative estimate of drug-likeness (QED) is 0.153. The third-order valence-corrected chi connectivity index (χ3v) is 6.46. The summed E-state index contributed by atoms with van der Waals surface area (Å²) >= 11 is 8.29. The first-order valence-corrected chi connectivity index (χ1v) is 12.0. The van der Waals surface area contributed by atoms with Crippen molar-refractivity contribution in [2.24, 2.45) is 0 Å². The third-order valence-electron chi connectivity index (χ3n) is 4.92. The fourth-order valence-electron chi connectivity index (χ4n) is 3.21.